The van der Waals surface area contributed by atoms with Crippen molar-refractivity contribution in [2.45, 2.75) is 45.1 Å². The van der Waals surface area contributed by atoms with E-state index in [1.165, 1.54) is 12.1 Å². The maximum atomic E-state index is 14.0. The lowest BCUT2D eigenvalue weighted by Gasteiger charge is -2.32. The van der Waals surface area contributed by atoms with Gasteiger partial charge in [-0.05, 0) is 24.0 Å². The van der Waals surface area contributed by atoms with Crippen LogP contribution in [0.25, 0.3) is 0 Å². The molecule has 2 rings (SSSR count). The zero-order chi connectivity index (χ0) is 14.2. The summed E-state index contributed by atoms with van der Waals surface area (Å²) in [7, 11) is 0. The van der Waals surface area contributed by atoms with Gasteiger partial charge >= 0.3 is 0 Å². The van der Waals surface area contributed by atoms with Crippen molar-refractivity contribution < 1.29 is 13.6 Å². The molecule has 1 amide bonds. The highest BCUT2D eigenvalue weighted by molar-refractivity contribution is 5.81. The minimum atomic E-state index is -0.612. The minimum absolute atomic E-state index is 0.0723. The highest BCUT2D eigenvalue weighted by Crippen LogP contribution is 2.39. The van der Waals surface area contributed by atoms with Crippen molar-refractivity contribution in [3.05, 3.63) is 35.4 Å². The number of carbonyl (C=O) groups is 1. The van der Waals surface area contributed by atoms with Crippen LogP contribution in [-0.4, -0.2) is 11.9 Å². The Morgan fingerprint density at radius 2 is 2.11 bits per heavy atom. The van der Waals surface area contributed by atoms with Crippen molar-refractivity contribution in [2.24, 2.45) is 5.92 Å². The molecule has 2 unspecified atom stereocenters. The summed E-state index contributed by atoms with van der Waals surface area (Å²) >= 11 is 0. The van der Waals surface area contributed by atoms with Gasteiger partial charge in [-0.15, -0.1) is 0 Å². The maximum absolute atomic E-state index is 14.0. The van der Waals surface area contributed by atoms with Crippen LogP contribution in [0.4, 0.5) is 8.78 Å². The van der Waals surface area contributed by atoms with Gasteiger partial charge < -0.3 is 5.32 Å². The van der Waals surface area contributed by atoms with Gasteiger partial charge in [-0.1, -0.05) is 26.8 Å². The molecule has 1 N–H and O–H groups in total. The van der Waals surface area contributed by atoms with Crippen molar-refractivity contribution in [1.29, 1.82) is 0 Å². The first-order valence-corrected chi connectivity index (χ1v) is 6.58. The van der Waals surface area contributed by atoms with E-state index < -0.39 is 17.0 Å². The van der Waals surface area contributed by atoms with Crippen molar-refractivity contribution in [3.63, 3.8) is 0 Å². The summed E-state index contributed by atoms with van der Waals surface area (Å²) in [6, 6.07) is 3.48. The molecule has 1 aromatic rings. The summed E-state index contributed by atoms with van der Waals surface area (Å²) in [5.41, 5.74) is -0.197. The third kappa shape index (κ3) is 2.62. The van der Waals surface area contributed by atoms with Gasteiger partial charge in [-0.3, -0.25) is 4.79 Å². The van der Waals surface area contributed by atoms with E-state index in [-0.39, 0.29) is 18.4 Å². The summed E-state index contributed by atoms with van der Waals surface area (Å²) in [6.45, 7) is 5.99. The molecule has 4 heteroatoms. The highest BCUT2D eigenvalue weighted by Gasteiger charge is 2.45. The number of halogens is 2. The second-order valence-electron chi connectivity index (χ2n) is 5.97. The largest absolute Gasteiger partial charge is 0.352 e. The Hall–Kier alpha value is -1.45. The normalized spacial score (nSPS) is 26.8. The second kappa shape index (κ2) is 4.91. The molecular formula is C15H19F2NO. The molecule has 0 radical (unpaired) electrons. The summed E-state index contributed by atoms with van der Waals surface area (Å²) in [5.74, 6) is -0.849. The standard InChI is InChI=1S/C15H19F2NO/c1-9(2)6-13-15(3,8-14(19)18-13)11-5-4-10(16)7-12(11)17/h4-5,7,9,13H,6,8H2,1-3H3,(H,18,19). The van der Waals surface area contributed by atoms with Crippen molar-refractivity contribution >= 4 is 5.91 Å². The number of hydrogen-bond donors (Lipinski definition) is 1. The zero-order valence-corrected chi connectivity index (χ0v) is 11.5. The van der Waals surface area contributed by atoms with Crippen molar-refractivity contribution in [2.75, 3.05) is 0 Å². The molecule has 0 saturated carbocycles. The number of carbonyl (C=O) groups excluding carboxylic acids is 1. The van der Waals surface area contributed by atoms with E-state index in [1.807, 2.05) is 6.92 Å². The van der Waals surface area contributed by atoms with Crippen LogP contribution in [0.15, 0.2) is 18.2 Å². The van der Waals surface area contributed by atoms with Gasteiger partial charge in [0.05, 0.1) is 0 Å². The predicted molar refractivity (Wildman–Crippen MR) is 69.7 cm³/mol. The molecule has 19 heavy (non-hydrogen) atoms. The average molecular weight is 267 g/mol. The molecule has 2 atom stereocenters. The number of rotatable bonds is 3. The molecule has 1 aromatic carbocycles. The summed E-state index contributed by atoms with van der Waals surface area (Å²) in [6.07, 6.45) is 1.02. The van der Waals surface area contributed by atoms with Crippen LogP contribution in [-0.2, 0) is 10.2 Å². The predicted octanol–water partition coefficient (Wildman–Crippen LogP) is 3.16. The van der Waals surface area contributed by atoms with Crippen LogP contribution in [0.5, 0.6) is 0 Å². The molecule has 0 bridgehead atoms. The number of nitrogens with one attached hydrogen (secondary N) is 1. The lowest BCUT2D eigenvalue weighted by molar-refractivity contribution is -0.119. The molecule has 0 spiro atoms. The first kappa shape index (κ1) is 14.0. The first-order chi connectivity index (χ1) is 8.83. The van der Waals surface area contributed by atoms with Crippen molar-refractivity contribution in [3.8, 4) is 0 Å². The average Bonchev–Trinajstić information content (AvgIpc) is 2.53. The van der Waals surface area contributed by atoms with Gasteiger partial charge in [0.25, 0.3) is 0 Å². The van der Waals surface area contributed by atoms with Crippen LogP contribution in [0, 0.1) is 17.6 Å². The third-order valence-corrected chi connectivity index (χ3v) is 3.89. The van der Waals surface area contributed by atoms with Gasteiger partial charge in [0.1, 0.15) is 11.6 Å². The van der Waals surface area contributed by atoms with Gasteiger partial charge in [0.2, 0.25) is 5.91 Å². The van der Waals surface area contributed by atoms with Gasteiger partial charge in [-0.25, -0.2) is 8.78 Å². The molecule has 0 aliphatic carbocycles. The van der Waals surface area contributed by atoms with Crippen LogP contribution in [0.1, 0.15) is 39.2 Å². The fourth-order valence-corrected chi connectivity index (χ4v) is 2.89. The topological polar surface area (TPSA) is 29.1 Å². The molecule has 1 aliphatic heterocycles. The fourth-order valence-electron chi connectivity index (χ4n) is 2.89. The molecule has 2 nitrogen and oxygen atoms in total. The van der Waals surface area contributed by atoms with E-state index in [1.54, 1.807) is 0 Å². The van der Waals surface area contributed by atoms with E-state index in [2.05, 4.69) is 19.2 Å². The quantitative estimate of drug-likeness (QED) is 0.895. The smallest absolute Gasteiger partial charge is 0.221 e. The van der Waals surface area contributed by atoms with Gasteiger partial charge in [0.15, 0.2) is 0 Å². The van der Waals surface area contributed by atoms with Crippen LogP contribution in [0.3, 0.4) is 0 Å². The maximum Gasteiger partial charge on any atom is 0.221 e. The van der Waals surface area contributed by atoms with Crippen LogP contribution >= 0.6 is 0 Å². The number of hydrogen-bond acceptors (Lipinski definition) is 1. The molecule has 1 heterocycles. The van der Waals surface area contributed by atoms with Crippen molar-refractivity contribution in [1.82, 2.24) is 5.32 Å². The summed E-state index contributed by atoms with van der Waals surface area (Å²) < 4.78 is 27.0. The van der Waals surface area contributed by atoms with Crippen LogP contribution in [0.2, 0.25) is 0 Å². The highest BCUT2D eigenvalue weighted by atomic mass is 19.1. The molecular weight excluding hydrogens is 248 g/mol. The SMILES string of the molecule is CC(C)CC1NC(=O)CC1(C)c1ccc(F)cc1F. The summed E-state index contributed by atoms with van der Waals surface area (Å²) in [5, 5.41) is 2.92. The minimum Gasteiger partial charge on any atom is -0.352 e. The Morgan fingerprint density at radius 3 is 2.68 bits per heavy atom. The number of amides is 1. The Bertz CT molecular complexity index is 501. The molecule has 1 fully saturated rings. The van der Waals surface area contributed by atoms with E-state index in [0.717, 1.165) is 12.5 Å². The Morgan fingerprint density at radius 1 is 1.42 bits per heavy atom. The van der Waals surface area contributed by atoms with E-state index in [9.17, 15) is 13.6 Å². The van der Waals surface area contributed by atoms with Crippen LogP contribution < -0.4 is 5.32 Å². The second-order valence-corrected chi connectivity index (χ2v) is 5.97. The fraction of sp³-hybridized carbons (Fsp3) is 0.533. The molecule has 0 aromatic heterocycles. The molecule has 104 valence electrons. The lowest BCUT2D eigenvalue weighted by Crippen LogP contribution is -2.40. The van der Waals surface area contributed by atoms with Gasteiger partial charge in [0, 0.05) is 23.9 Å². The Kier molecular flexibility index (Phi) is 3.61. The Labute approximate surface area is 112 Å². The lowest BCUT2D eigenvalue weighted by atomic mass is 9.73. The van der Waals surface area contributed by atoms with E-state index in [4.69, 9.17) is 0 Å². The third-order valence-electron chi connectivity index (χ3n) is 3.89. The molecule has 1 saturated heterocycles. The Balaban J connectivity index is 2.40. The zero-order valence-electron chi connectivity index (χ0n) is 11.5. The number of benzene rings is 1. The summed E-state index contributed by atoms with van der Waals surface area (Å²) in [4.78, 5) is 11.7. The first-order valence-electron chi connectivity index (χ1n) is 6.58. The molecule has 1 aliphatic rings. The van der Waals surface area contributed by atoms with Gasteiger partial charge in [-0.2, -0.15) is 0 Å². The van der Waals surface area contributed by atoms with E-state index in [0.29, 0.717) is 11.5 Å². The monoisotopic (exact) mass is 267 g/mol. The van der Waals surface area contributed by atoms with E-state index >= 15 is 0 Å².